The van der Waals surface area contributed by atoms with Crippen LogP contribution in [-0.4, -0.2) is 24.6 Å². The number of hydrogen-bond donors (Lipinski definition) is 0. The van der Waals surface area contributed by atoms with E-state index in [-0.39, 0.29) is 21.2 Å². The van der Waals surface area contributed by atoms with Crippen molar-refractivity contribution in [3.8, 4) is 50.7 Å². The van der Waals surface area contributed by atoms with Gasteiger partial charge in [0.25, 0.3) is 11.4 Å². The van der Waals surface area contributed by atoms with Crippen LogP contribution in [0.3, 0.4) is 0 Å². The van der Waals surface area contributed by atoms with Crippen LogP contribution in [0.25, 0.3) is 50.7 Å². The zero-order valence-electron chi connectivity index (χ0n) is 21.5. The van der Waals surface area contributed by atoms with Crippen molar-refractivity contribution >= 4 is 11.4 Å². The minimum Gasteiger partial charge on any atom is -0.275 e. The Hall–Kier alpha value is -5.96. The van der Waals surface area contributed by atoms with Crippen molar-refractivity contribution in [2.45, 2.75) is 0 Å². The Morgan fingerprint density at radius 3 is 1.24 bits per heavy atom. The fourth-order valence-electron chi connectivity index (χ4n) is 4.83. The molecule has 0 bridgehead atoms. The molecular formula is C32H21N5O4. The van der Waals surface area contributed by atoms with E-state index in [2.05, 4.69) is 10.2 Å². The largest absolute Gasteiger partial charge is 0.277 e. The van der Waals surface area contributed by atoms with Crippen LogP contribution in [-0.2, 0) is 0 Å². The summed E-state index contributed by atoms with van der Waals surface area (Å²) in [5.41, 5.74) is 5.01. The van der Waals surface area contributed by atoms with Crippen molar-refractivity contribution in [3.63, 3.8) is 0 Å². The highest BCUT2D eigenvalue weighted by atomic mass is 16.6. The summed E-state index contributed by atoms with van der Waals surface area (Å²) in [5, 5.41) is 32.1. The molecule has 1 aromatic heterocycles. The molecule has 0 radical (unpaired) electrons. The third kappa shape index (κ3) is 4.83. The molecule has 0 saturated carbocycles. The molecule has 0 N–H and O–H groups in total. The smallest absolute Gasteiger partial charge is 0.275 e. The molecule has 9 nitrogen and oxygen atoms in total. The van der Waals surface area contributed by atoms with Crippen molar-refractivity contribution in [1.82, 2.24) is 14.8 Å². The summed E-state index contributed by atoms with van der Waals surface area (Å²) >= 11 is 0. The summed E-state index contributed by atoms with van der Waals surface area (Å²) in [4.78, 5) is 22.3. The average Bonchev–Trinajstić information content (AvgIpc) is 3.47. The van der Waals surface area contributed by atoms with Gasteiger partial charge in [0, 0.05) is 28.9 Å². The number of rotatable bonds is 7. The molecule has 0 amide bonds. The molecule has 0 aliphatic heterocycles. The van der Waals surface area contributed by atoms with E-state index in [1.807, 2.05) is 83.4 Å². The van der Waals surface area contributed by atoms with E-state index in [1.165, 1.54) is 12.1 Å². The zero-order valence-corrected chi connectivity index (χ0v) is 21.5. The topological polar surface area (TPSA) is 117 Å². The Labute approximate surface area is 234 Å². The summed E-state index contributed by atoms with van der Waals surface area (Å²) in [7, 11) is 0. The van der Waals surface area contributed by atoms with Crippen molar-refractivity contribution in [2.24, 2.45) is 0 Å². The lowest BCUT2D eigenvalue weighted by atomic mass is 10.0. The van der Waals surface area contributed by atoms with Crippen LogP contribution in [0.4, 0.5) is 11.4 Å². The van der Waals surface area contributed by atoms with Crippen LogP contribution in [0.15, 0.2) is 127 Å². The van der Waals surface area contributed by atoms with E-state index in [0.29, 0.717) is 22.8 Å². The molecule has 5 aromatic carbocycles. The van der Waals surface area contributed by atoms with Crippen LogP contribution in [0.1, 0.15) is 0 Å². The molecule has 0 atom stereocenters. The molecule has 0 aliphatic carbocycles. The van der Waals surface area contributed by atoms with Crippen molar-refractivity contribution in [1.29, 1.82) is 0 Å². The molecule has 198 valence electrons. The van der Waals surface area contributed by atoms with Gasteiger partial charge >= 0.3 is 0 Å². The molecule has 6 aromatic rings. The minimum absolute atomic E-state index is 0.0410. The first-order chi connectivity index (χ1) is 20.0. The van der Waals surface area contributed by atoms with Crippen LogP contribution in [0.5, 0.6) is 0 Å². The van der Waals surface area contributed by atoms with Crippen LogP contribution < -0.4 is 0 Å². The van der Waals surface area contributed by atoms with E-state index < -0.39 is 0 Å². The number of para-hydroxylation sites is 3. The second-order valence-corrected chi connectivity index (χ2v) is 9.22. The van der Waals surface area contributed by atoms with Gasteiger partial charge in [-0.25, -0.2) is 0 Å². The van der Waals surface area contributed by atoms with Gasteiger partial charge in [-0.15, -0.1) is 10.2 Å². The van der Waals surface area contributed by atoms with Gasteiger partial charge in [-0.3, -0.25) is 24.8 Å². The third-order valence-corrected chi connectivity index (χ3v) is 6.79. The van der Waals surface area contributed by atoms with Crippen LogP contribution in [0.2, 0.25) is 0 Å². The van der Waals surface area contributed by atoms with E-state index in [1.54, 1.807) is 36.4 Å². The Bertz CT molecular complexity index is 1760. The third-order valence-electron chi connectivity index (χ3n) is 6.79. The number of nitrogens with zero attached hydrogens (tertiary/aromatic N) is 5. The van der Waals surface area contributed by atoms with Crippen molar-refractivity contribution in [2.75, 3.05) is 0 Å². The fraction of sp³-hybridized carbons (Fsp3) is 0. The molecule has 0 saturated heterocycles. The first kappa shape index (κ1) is 25.3. The average molecular weight is 540 g/mol. The minimum atomic E-state index is -0.386. The molecule has 0 spiro atoms. The van der Waals surface area contributed by atoms with E-state index in [9.17, 15) is 20.2 Å². The molecule has 41 heavy (non-hydrogen) atoms. The highest BCUT2D eigenvalue weighted by molar-refractivity contribution is 5.77. The molecular weight excluding hydrogens is 518 g/mol. The maximum atomic E-state index is 11.5. The van der Waals surface area contributed by atoms with E-state index in [4.69, 9.17) is 0 Å². The number of aromatic nitrogens is 3. The van der Waals surface area contributed by atoms with E-state index in [0.717, 1.165) is 27.9 Å². The van der Waals surface area contributed by atoms with Gasteiger partial charge in [0.15, 0.2) is 11.6 Å². The number of nitro groups is 2. The second kappa shape index (κ2) is 10.7. The standard InChI is InChI=1S/C32H21N5O4/c38-36(39)29-12-6-4-10-27(29)22-14-18-24(19-15-22)31-33-34-32(35(31)26-8-2-1-3-9-26)25-20-16-23(17-21-25)28-11-5-7-13-30(28)37(40)41/h1-21H. The Kier molecular flexibility index (Phi) is 6.58. The molecule has 9 heteroatoms. The molecule has 0 fully saturated rings. The lowest BCUT2D eigenvalue weighted by Gasteiger charge is -2.12. The van der Waals surface area contributed by atoms with Gasteiger partial charge in [0.05, 0.1) is 21.0 Å². The van der Waals surface area contributed by atoms with Crippen molar-refractivity contribution < 1.29 is 9.85 Å². The van der Waals surface area contributed by atoms with Gasteiger partial charge in [-0.2, -0.15) is 0 Å². The molecule has 0 unspecified atom stereocenters. The summed E-state index contributed by atoms with van der Waals surface area (Å²) in [5.74, 6) is 1.20. The van der Waals surface area contributed by atoms with Gasteiger partial charge < -0.3 is 0 Å². The first-order valence-electron chi connectivity index (χ1n) is 12.7. The highest BCUT2D eigenvalue weighted by Crippen LogP contribution is 2.35. The Morgan fingerprint density at radius 2 is 0.829 bits per heavy atom. The lowest BCUT2D eigenvalue weighted by Crippen LogP contribution is -2.00. The van der Waals surface area contributed by atoms with Gasteiger partial charge in [-0.1, -0.05) is 91.0 Å². The van der Waals surface area contributed by atoms with Crippen LogP contribution in [0, 0.1) is 20.2 Å². The maximum Gasteiger partial charge on any atom is 0.277 e. The predicted molar refractivity (Wildman–Crippen MR) is 156 cm³/mol. The molecule has 0 aliphatic rings. The van der Waals surface area contributed by atoms with Crippen molar-refractivity contribution in [3.05, 3.63) is 148 Å². The molecule has 6 rings (SSSR count). The number of hydrogen-bond acceptors (Lipinski definition) is 6. The maximum absolute atomic E-state index is 11.5. The lowest BCUT2D eigenvalue weighted by molar-refractivity contribution is -0.384. The summed E-state index contributed by atoms with van der Waals surface area (Å²) in [6, 6.07) is 37.8. The van der Waals surface area contributed by atoms with E-state index >= 15 is 0 Å². The highest BCUT2D eigenvalue weighted by Gasteiger charge is 2.20. The SMILES string of the molecule is O=[N+]([O-])c1ccccc1-c1ccc(-c2nnc(-c3ccc(-c4ccccc4[N+](=O)[O-])cc3)n2-c2ccccc2)cc1. The zero-order chi connectivity index (χ0) is 28.3. The van der Waals surface area contributed by atoms with Gasteiger partial charge in [0.2, 0.25) is 0 Å². The quantitative estimate of drug-likeness (QED) is 0.151. The summed E-state index contributed by atoms with van der Waals surface area (Å²) in [6.07, 6.45) is 0. The predicted octanol–water partition coefficient (Wildman–Crippen LogP) is 7.75. The fourth-order valence-corrected chi connectivity index (χ4v) is 4.83. The van der Waals surface area contributed by atoms with Gasteiger partial charge in [0.1, 0.15) is 0 Å². The number of benzene rings is 5. The monoisotopic (exact) mass is 539 g/mol. The second-order valence-electron chi connectivity index (χ2n) is 9.22. The Morgan fingerprint density at radius 1 is 0.463 bits per heavy atom. The van der Waals surface area contributed by atoms with Crippen LogP contribution >= 0.6 is 0 Å². The summed E-state index contributed by atoms with van der Waals surface area (Å²) in [6.45, 7) is 0. The Balaban J connectivity index is 1.42. The first-order valence-corrected chi connectivity index (χ1v) is 12.7. The van der Waals surface area contributed by atoms with Gasteiger partial charge in [-0.05, 0) is 35.4 Å². The normalized spacial score (nSPS) is 10.8. The summed E-state index contributed by atoms with van der Waals surface area (Å²) < 4.78 is 1.94. The molecule has 1 heterocycles. The number of nitro benzene ring substituents is 2.